The Morgan fingerprint density at radius 1 is 1.44 bits per heavy atom. The van der Waals surface area contributed by atoms with Gasteiger partial charge in [0.2, 0.25) is 0 Å². The van der Waals surface area contributed by atoms with Gasteiger partial charge >= 0.3 is 0 Å². The molecule has 0 spiro atoms. The van der Waals surface area contributed by atoms with Crippen LogP contribution in [0.2, 0.25) is 5.15 Å². The molecule has 98 valence electrons. The standard InChI is InChI=1S/C14H19ClN2O/c1-3-11-8-10(9-12(15)16-11)13(18)17-14(2)6-4-5-7-14/h8-9H,3-7H2,1-2H3,(H,17,18). The Morgan fingerprint density at radius 3 is 2.72 bits per heavy atom. The summed E-state index contributed by atoms with van der Waals surface area (Å²) >= 11 is 5.93. The normalized spacial score (nSPS) is 17.7. The molecule has 18 heavy (non-hydrogen) atoms. The number of carbonyl (C=O) groups is 1. The van der Waals surface area contributed by atoms with E-state index in [1.807, 2.05) is 13.0 Å². The maximum absolute atomic E-state index is 12.2. The highest BCUT2D eigenvalue weighted by molar-refractivity contribution is 6.29. The first kappa shape index (κ1) is 13.3. The zero-order chi connectivity index (χ0) is 13.2. The smallest absolute Gasteiger partial charge is 0.251 e. The largest absolute Gasteiger partial charge is 0.347 e. The van der Waals surface area contributed by atoms with Crippen LogP contribution in [0.5, 0.6) is 0 Å². The molecule has 4 heteroatoms. The Bertz CT molecular complexity index is 453. The van der Waals surface area contributed by atoms with E-state index in [-0.39, 0.29) is 11.4 Å². The van der Waals surface area contributed by atoms with Crippen LogP contribution in [0.25, 0.3) is 0 Å². The third-order valence-corrected chi connectivity index (χ3v) is 3.79. The quantitative estimate of drug-likeness (QED) is 0.853. The van der Waals surface area contributed by atoms with Crippen molar-refractivity contribution in [2.45, 2.75) is 51.5 Å². The van der Waals surface area contributed by atoms with Gasteiger partial charge < -0.3 is 5.32 Å². The van der Waals surface area contributed by atoms with Gasteiger partial charge in [-0.1, -0.05) is 31.4 Å². The first-order chi connectivity index (χ1) is 8.52. The lowest BCUT2D eigenvalue weighted by molar-refractivity contribution is 0.0908. The topological polar surface area (TPSA) is 42.0 Å². The molecular weight excluding hydrogens is 248 g/mol. The molecule has 1 fully saturated rings. The molecule has 0 aromatic carbocycles. The van der Waals surface area contributed by atoms with Gasteiger partial charge in [-0.3, -0.25) is 4.79 Å². The molecule has 2 rings (SSSR count). The summed E-state index contributed by atoms with van der Waals surface area (Å²) < 4.78 is 0. The van der Waals surface area contributed by atoms with Crippen molar-refractivity contribution in [1.82, 2.24) is 10.3 Å². The van der Waals surface area contributed by atoms with Crippen LogP contribution in [0.4, 0.5) is 0 Å². The number of halogens is 1. The van der Waals surface area contributed by atoms with E-state index in [0.29, 0.717) is 10.7 Å². The predicted octanol–water partition coefficient (Wildman–Crippen LogP) is 3.36. The number of hydrogen-bond donors (Lipinski definition) is 1. The lowest BCUT2D eigenvalue weighted by Crippen LogP contribution is -2.43. The van der Waals surface area contributed by atoms with E-state index in [1.165, 1.54) is 12.8 Å². The van der Waals surface area contributed by atoms with Gasteiger partial charge in [0, 0.05) is 16.8 Å². The lowest BCUT2D eigenvalue weighted by atomic mass is 10.00. The maximum atomic E-state index is 12.2. The molecule has 1 amide bonds. The van der Waals surface area contributed by atoms with Gasteiger partial charge in [0.1, 0.15) is 5.15 Å². The summed E-state index contributed by atoms with van der Waals surface area (Å²) in [6.07, 6.45) is 5.26. The monoisotopic (exact) mass is 266 g/mol. The van der Waals surface area contributed by atoms with Crippen LogP contribution in [-0.2, 0) is 6.42 Å². The Morgan fingerprint density at radius 2 is 2.11 bits per heavy atom. The second-order valence-electron chi connectivity index (χ2n) is 5.25. The predicted molar refractivity (Wildman–Crippen MR) is 73.0 cm³/mol. The van der Waals surface area contributed by atoms with Crippen molar-refractivity contribution >= 4 is 17.5 Å². The van der Waals surface area contributed by atoms with Crippen LogP contribution < -0.4 is 5.32 Å². The number of aromatic nitrogens is 1. The minimum Gasteiger partial charge on any atom is -0.347 e. The molecule has 1 aromatic rings. The van der Waals surface area contributed by atoms with E-state index >= 15 is 0 Å². The number of aryl methyl sites for hydroxylation is 1. The van der Waals surface area contributed by atoms with Gasteiger partial charge in [-0.25, -0.2) is 4.98 Å². The average Bonchev–Trinajstić information content (AvgIpc) is 2.74. The highest BCUT2D eigenvalue weighted by atomic mass is 35.5. The molecule has 0 radical (unpaired) electrons. The highest BCUT2D eigenvalue weighted by Crippen LogP contribution is 2.29. The molecule has 1 heterocycles. The number of carbonyl (C=O) groups excluding carboxylic acids is 1. The van der Waals surface area contributed by atoms with Crippen molar-refractivity contribution in [2.75, 3.05) is 0 Å². The third-order valence-electron chi connectivity index (χ3n) is 3.59. The molecule has 1 aromatic heterocycles. The third kappa shape index (κ3) is 3.02. The molecule has 0 bridgehead atoms. The summed E-state index contributed by atoms with van der Waals surface area (Å²) in [5.74, 6) is -0.0431. The van der Waals surface area contributed by atoms with E-state index in [1.54, 1.807) is 6.07 Å². The summed E-state index contributed by atoms with van der Waals surface area (Å²) in [6, 6.07) is 3.45. The van der Waals surface area contributed by atoms with Crippen LogP contribution in [-0.4, -0.2) is 16.4 Å². The van der Waals surface area contributed by atoms with Crippen LogP contribution >= 0.6 is 11.6 Å². The zero-order valence-electron chi connectivity index (χ0n) is 10.9. The van der Waals surface area contributed by atoms with E-state index in [0.717, 1.165) is 25.0 Å². The summed E-state index contributed by atoms with van der Waals surface area (Å²) in [5.41, 5.74) is 1.41. The van der Waals surface area contributed by atoms with Gasteiger partial charge in [0.05, 0.1) is 0 Å². The number of hydrogen-bond acceptors (Lipinski definition) is 2. The minimum atomic E-state index is -0.0563. The SMILES string of the molecule is CCc1cc(C(=O)NC2(C)CCCC2)cc(Cl)n1. The fourth-order valence-corrected chi connectivity index (χ4v) is 2.72. The van der Waals surface area contributed by atoms with Crippen molar-refractivity contribution in [2.24, 2.45) is 0 Å². The lowest BCUT2D eigenvalue weighted by Gasteiger charge is -2.25. The molecule has 0 saturated heterocycles. The maximum Gasteiger partial charge on any atom is 0.251 e. The van der Waals surface area contributed by atoms with Crippen LogP contribution in [0.1, 0.15) is 55.6 Å². The highest BCUT2D eigenvalue weighted by Gasteiger charge is 2.30. The van der Waals surface area contributed by atoms with Crippen molar-refractivity contribution in [3.63, 3.8) is 0 Å². The van der Waals surface area contributed by atoms with Gasteiger partial charge in [-0.15, -0.1) is 0 Å². The van der Waals surface area contributed by atoms with E-state index in [2.05, 4.69) is 17.2 Å². The molecular formula is C14H19ClN2O. The summed E-state index contributed by atoms with van der Waals surface area (Å²) in [6.45, 7) is 4.11. The summed E-state index contributed by atoms with van der Waals surface area (Å²) in [5, 5.41) is 3.51. The molecule has 3 nitrogen and oxygen atoms in total. The summed E-state index contributed by atoms with van der Waals surface area (Å²) in [4.78, 5) is 16.4. The van der Waals surface area contributed by atoms with Crippen LogP contribution in [0.15, 0.2) is 12.1 Å². The number of amides is 1. The van der Waals surface area contributed by atoms with Gasteiger partial charge in [-0.05, 0) is 38.3 Å². The van der Waals surface area contributed by atoms with Gasteiger partial charge in [0.25, 0.3) is 5.91 Å². The molecule has 0 unspecified atom stereocenters. The second kappa shape index (κ2) is 5.27. The second-order valence-corrected chi connectivity index (χ2v) is 5.63. The molecule has 1 saturated carbocycles. The molecule has 0 atom stereocenters. The molecule has 0 aliphatic heterocycles. The van der Waals surface area contributed by atoms with Gasteiger partial charge in [0.15, 0.2) is 0 Å². The van der Waals surface area contributed by atoms with E-state index < -0.39 is 0 Å². The van der Waals surface area contributed by atoms with Crippen LogP contribution in [0.3, 0.4) is 0 Å². The average molecular weight is 267 g/mol. The number of nitrogens with zero attached hydrogens (tertiary/aromatic N) is 1. The van der Waals surface area contributed by atoms with E-state index in [4.69, 9.17) is 11.6 Å². The van der Waals surface area contributed by atoms with Crippen molar-refractivity contribution < 1.29 is 4.79 Å². The fourth-order valence-electron chi connectivity index (χ4n) is 2.49. The van der Waals surface area contributed by atoms with Crippen molar-refractivity contribution in [3.8, 4) is 0 Å². The van der Waals surface area contributed by atoms with Crippen LogP contribution in [0, 0.1) is 0 Å². The Balaban J connectivity index is 2.15. The first-order valence-electron chi connectivity index (χ1n) is 6.51. The summed E-state index contributed by atoms with van der Waals surface area (Å²) in [7, 11) is 0. The Labute approximate surface area is 113 Å². The van der Waals surface area contributed by atoms with Crippen molar-refractivity contribution in [3.05, 3.63) is 28.5 Å². The Hall–Kier alpha value is -1.09. The fraction of sp³-hybridized carbons (Fsp3) is 0.571. The number of rotatable bonds is 3. The first-order valence-corrected chi connectivity index (χ1v) is 6.89. The Kier molecular flexibility index (Phi) is 3.91. The minimum absolute atomic E-state index is 0.0431. The molecule has 1 aliphatic carbocycles. The molecule has 1 aliphatic rings. The molecule has 1 N–H and O–H groups in total. The number of pyridine rings is 1. The number of nitrogens with one attached hydrogen (secondary N) is 1. The zero-order valence-corrected chi connectivity index (χ0v) is 11.7. The van der Waals surface area contributed by atoms with Crippen molar-refractivity contribution in [1.29, 1.82) is 0 Å². The van der Waals surface area contributed by atoms with Gasteiger partial charge in [-0.2, -0.15) is 0 Å². The van der Waals surface area contributed by atoms with E-state index in [9.17, 15) is 4.79 Å².